The highest BCUT2D eigenvalue weighted by Crippen LogP contribution is 2.30. The molecule has 0 aliphatic heterocycles. The standard InChI is InChI=1S/C18H26ClF2N5O2S2/c1-18(2,5-6-22)25-8-4-3-7-23-14-10-13(20)15(9-12(14)19)30(27,28)26-17-24-11-16(21)29-17/h9-11,23,25H,3-8,22H2,1-2H3,(H,24,26). The Morgan fingerprint density at radius 2 is 1.93 bits per heavy atom. The maximum Gasteiger partial charge on any atom is 0.266 e. The van der Waals surface area contributed by atoms with Crippen LogP contribution in [-0.4, -0.2) is 38.6 Å². The lowest BCUT2D eigenvalue weighted by Gasteiger charge is -2.25. The SMILES string of the molecule is CC(C)(CCN)NCCCCNc1cc(F)c(S(=O)(=O)Nc2ncc(F)s2)cc1Cl. The number of thiazole rings is 1. The van der Waals surface area contributed by atoms with Crippen molar-refractivity contribution in [1.29, 1.82) is 0 Å². The average molecular weight is 482 g/mol. The Hall–Kier alpha value is -1.53. The van der Waals surface area contributed by atoms with Gasteiger partial charge in [-0.15, -0.1) is 0 Å². The molecule has 168 valence electrons. The topological polar surface area (TPSA) is 109 Å². The zero-order chi connectivity index (χ0) is 22.4. The summed E-state index contributed by atoms with van der Waals surface area (Å²) in [7, 11) is -4.29. The van der Waals surface area contributed by atoms with Gasteiger partial charge in [0, 0.05) is 12.1 Å². The highest BCUT2D eigenvalue weighted by atomic mass is 35.5. The van der Waals surface area contributed by atoms with Crippen LogP contribution >= 0.6 is 22.9 Å². The Morgan fingerprint density at radius 1 is 1.23 bits per heavy atom. The molecule has 0 aliphatic rings. The van der Waals surface area contributed by atoms with Gasteiger partial charge in [0.05, 0.1) is 16.9 Å². The molecule has 0 saturated carbocycles. The molecular formula is C18H26ClF2N5O2S2. The molecule has 1 aromatic carbocycles. The van der Waals surface area contributed by atoms with Crippen LogP contribution in [0.2, 0.25) is 5.02 Å². The van der Waals surface area contributed by atoms with E-state index in [0.717, 1.165) is 44.1 Å². The molecule has 0 saturated heterocycles. The molecule has 7 nitrogen and oxygen atoms in total. The number of nitrogens with zero attached hydrogens (tertiary/aromatic N) is 1. The Bertz CT molecular complexity index is 954. The van der Waals surface area contributed by atoms with Crippen molar-refractivity contribution in [3.63, 3.8) is 0 Å². The minimum absolute atomic E-state index is 0.0195. The van der Waals surface area contributed by atoms with E-state index in [-0.39, 0.29) is 15.7 Å². The number of unbranched alkanes of at least 4 members (excludes halogenated alkanes) is 1. The van der Waals surface area contributed by atoms with Gasteiger partial charge < -0.3 is 16.4 Å². The van der Waals surface area contributed by atoms with E-state index < -0.39 is 25.9 Å². The molecule has 0 atom stereocenters. The zero-order valence-corrected chi connectivity index (χ0v) is 19.2. The summed E-state index contributed by atoms with van der Waals surface area (Å²) in [6.07, 6.45) is 3.44. The Morgan fingerprint density at radius 3 is 2.57 bits per heavy atom. The van der Waals surface area contributed by atoms with Crippen molar-refractivity contribution in [2.75, 3.05) is 29.7 Å². The summed E-state index contributed by atoms with van der Waals surface area (Å²) >= 11 is 6.63. The second kappa shape index (κ2) is 10.7. The average Bonchev–Trinajstić information content (AvgIpc) is 3.04. The number of nitrogens with two attached hydrogens (primary N) is 1. The van der Waals surface area contributed by atoms with E-state index in [4.69, 9.17) is 17.3 Å². The third-order valence-electron chi connectivity index (χ3n) is 4.30. The summed E-state index contributed by atoms with van der Waals surface area (Å²) in [5.74, 6) is -0.975. The van der Waals surface area contributed by atoms with Crippen molar-refractivity contribution in [1.82, 2.24) is 10.3 Å². The van der Waals surface area contributed by atoms with E-state index in [1.54, 1.807) is 0 Å². The van der Waals surface area contributed by atoms with Crippen LogP contribution in [0.5, 0.6) is 0 Å². The van der Waals surface area contributed by atoms with Crippen molar-refractivity contribution in [2.45, 2.75) is 43.5 Å². The van der Waals surface area contributed by atoms with Crippen LogP contribution in [-0.2, 0) is 10.0 Å². The predicted molar refractivity (Wildman–Crippen MR) is 118 cm³/mol. The highest BCUT2D eigenvalue weighted by molar-refractivity contribution is 7.93. The lowest BCUT2D eigenvalue weighted by atomic mass is 10.0. The van der Waals surface area contributed by atoms with E-state index >= 15 is 0 Å². The summed E-state index contributed by atoms with van der Waals surface area (Å²) in [5.41, 5.74) is 5.86. The molecule has 5 N–H and O–H groups in total. The zero-order valence-electron chi connectivity index (χ0n) is 16.8. The van der Waals surface area contributed by atoms with Crippen LogP contribution in [0.25, 0.3) is 0 Å². The minimum Gasteiger partial charge on any atom is -0.384 e. The summed E-state index contributed by atoms with van der Waals surface area (Å²) in [6, 6.07) is 2.05. The number of nitrogens with one attached hydrogen (secondary N) is 3. The molecule has 1 heterocycles. The van der Waals surface area contributed by atoms with Crippen LogP contribution < -0.4 is 21.1 Å². The Labute approximate surface area is 184 Å². The molecular weight excluding hydrogens is 456 g/mol. The van der Waals surface area contributed by atoms with E-state index in [0.29, 0.717) is 30.1 Å². The van der Waals surface area contributed by atoms with Crippen LogP contribution in [0.15, 0.2) is 23.2 Å². The van der Waals surface area contributed by atoms with Gasteiger partial charge in [-0.05, 0) is 58.3 Å². The molecule has 12 heteroatoms. The first kappa shape index (κ1) is 24.7. The number of hydrogen-bond donors (Lipinski definition) is 4. The number of aromatic nitrogens is 1. The monoisotopic (exact) mass is 481 g/mol. The van der Waals surface area contributed by atoms with Crippen LogP contribution in [0.4, 0.5) is 19.6 Å². The van der Waals surface area contributed by atoms with Gasteiger partial charge >= 0.3 is 0 Å². The van der Waals surface area contributed by atoms with E-state index in [1.165, 1.54) is 0 Å². The van der Waals surface area contributed by atoms with E-state index in [2.05, 4.69) is 29.5 Å². The predicted octanol–water partition coefficient (Wildman–Crippen LogP) is 3.78. The van der Waals surface area contributed by atoms with Gasteiger partial charge in [0.1, 0.15) is 10.7 Å². The molecule has 0 fully saturated rings. The van der Waals surface area contributed by atoms with E-state index in [9.17, 15) is 17.2 Å². The Kier molecular flexibility index (Phi) is 8.80. The number of rotatable bonds is 12. The number of hydrogen-bond acceptors (Lipinski definition) is 7. The normalized spacial score (nSPS) is 12.2. The second-order valence-corrected chi connectivity index (χ2v) is 10.4. The molecule has 1 aromatic heterocycles. The lowest BCUT2D eigenvalue weighted by molar-refractivity contribution is 0.364. The largest absolute Gasteiger partial charge is 0.384 e. The molecule has 2 aromatic rings. The maximum atomic E-state index is 14.4. The fraction of sp³-hybridized carbons (Fsp3) is 0.500. The van der Waals surface area contributed by atoms with Crippen LogP contribution in [0.3, 0.4) is 0 Å². The third kappa shape index (κ3) is 7.31. The first-order chi connectivity index (χ1) is 14.0. The fourth-order valence-electron chi connectivity index (χ4n) is 2.69. The van der Waals surface area contributed by atoms with Crippen molar-refractivity contribution in [2.24, 2.45) is 5.73 Å². The molecule has 0 spiro atoms. The van der Waals surface area contributed by atoms with Gasteiger partial charge in [0.15, 0.2) is 10.3 Å². The molecule has 30 heavy (non-hydrogen) atoms. The number of benzene rings is 1. The van der Waals surface area contributed by atoms with Crippen molar-refractivity contribution < 1.29 is 17.2 Å². The molecule has 0 aliphatic carbocycles. The van der Waals surface area contributed by atoms with Gasteiger partial charge in [-0.25, -0.2) is 17.8 Å². The van der Waals surface area contributed by atoms with Crippen molar-refractivity contribution in [3.8, 4) is 0 Å². The molecule has 0 bridgehead atoms. The van der Waals surface area contributed by atoms with Gasteiger partial charge in [-0.3, -0.25) is 4.72 Å². The number of anilines is 2. The number of halogens is 3. The Balaban J connectivity index is 1.91. The third-order valence-corrected chi connectivity index (χ3v) is 6.80. The molecule has 0 unspecified atom stereocenters. The first-order valence-electron chi connectivity index (χ1n) is 9.36. The fourth-order valence-corrected chi connectivity index (χ4v) is 4.86. The maximum absolute atomic E-state index is 14.4. The quantitative estimate of drug-likeness (QED) is 0.343. The van der Waals surface area contributed by atoms with Gasteiger partial charge in [-0.1, -0.05) is 22.9 Å². The van der Waals surface area contributed by atoms with Crippen LogP contribution in [0.1, 0.15) is 33.1 Å². The van der Waals surface area contributed by atoms with Gasteiger partial charge in [0.25, 0.3) is 10.0 Å². The summed E-state index contributed by atoms with van der Waals surface area (Å²) in [6.45, 7) is 6.16. The van der Waals surface area contributed by atoms with Gasteiger partial charge in [0.2, 0.25) is 0 Å². The first-order valence-corrected chi connectivity index (χ1v) is 12.0. The minimum atomic E-state index is -4.29. The van der Waals surface area contributed by atoms with Crippen molar-refractivity contribution >= 4 is 43.8 Å². The molecule has 0 radical (unpaired) electrons. The highest BCUT2D eigenvalue weighted by Gasteiger charge is 2.23. The van der Waals surface area contributed by atoms with Crippen molar-refractivity contribution in [3.05, 3.63) is 34.3 Å². The lowest BCUT2D eigenvalue weighted by Crippen LogP contribution is -2.41. The van der Waals surface area contributed by atoms with Gasteiger partial charge in [-0.2, -0.15) is 4.39 Å². The number of sulfonamides is 1. The summed E-state index contributed by atoms with van der Waals surface area (Å²) < 4.78 is 54.2. The smallest absolute Gasteiger partial charge is 0.266 e. The second-order valence-electron chi connectivity index (χ2n) is 7.32. The summed E-state index contributed by atoms with van der Waals surface area (Å²) in [5, 5.41) is 5.64. The van der Waals surface area contributed by atoms with Crippen LogP contribution in [0, 0.1) is 10.9 Å². The summed E-state index contributed by atoms with van der Waals surface area (Å²) in [4.78, 5) is 2.92. The molecule has 2 rings (SSSR count). The van der Waals surface area contributed by atoms with E-state index in [1.807, 2.05) is 4.72 Å². The molecule has 0 amide bonds.